The van der Waals surface area contributed by atoms with Crippen LogP contribution in [0.2, 0.25) is 0 Å². The number of rotatable bonds is 2. The molecule has 0 radical (unpaired) electrons. The molecule has 7 heteroatoms. The van der Waals surface area contributed by atoms with Crippen LogP contribution in [-0.4, -0.2) is 28.4 Å². The maximum Gasteiger partial charge on any atom is 0.263 e. The Labute approximate surface area is 159 Å². The lowest BCUT2D eigenvalue weighted by atomic mass is 10.1. The average Bonchev–Trinajstić information content (AvgIpc) is 2.79. The molecule has 4 rings (SSSR count). The average molecular weight is 377 g/mol. The number of nitrogens with zero attached hydrogens (tertiary/aromatic N) is 2. The van der Waals surface area contributed by atoms with Crippen molar-refractivity contribution in [2.75, 3.05) is 17.3 Å². The van der Waals surface area contributed by atoms with E-state index in [0.29, 0.717) is 32.4 Å². The van der Waals surface area contributed by atoms with E-state index in [1.807, 2.05) is 0 Å². The zero-order chi connectivity index (χ0) is 19.0. The fraction of sp³-hybridized carbons (Fsp3) is 0.0500. The number of carbonyl (C=O) groups is 2. The third-order valence-electron chi connectivity index (χ3n) is 4.31. The van der Waals surface area contributed by atoms with Gasteiger partial charge in [0.05, 0.1) is 5.56 Å². The van der Waals surface area contributed by atoms with Crippen molar-refractivity contribution in [2.45, 2.75) is 9.79 Å². The number of amides is 2. The van der Waals surface area contributed by atoms with Crippen LogP contribution in [0.4, 0.5) is 11.5 Å². The Morgan fingerprint density at radius 2 is 1.85 bits per heavy atom. The zero-order valence-corrected chi connectivity index (χ0v) is 15.2. The number of hydrogen-bond acceptors (Lipinski definition) is 4. The summed E-state index contributed by atoms with van der Waals surface area (Å²) in [5, 5.41) is 2.71. The summed E-state index contributed by atoms with van der Waals surface area (Å²) in [5.74, 6) is -0.192. The highest BCUT2D eigenvalue weighted by Crippen LogP contribution is 2.36. The van der Waals surface area contributed by atoms with Crippen LogP contribution in [0.3, 0.4) is 0 Å². The van der Waals surface area contributed by atoms with Crippen molar-refractivity contribution in [3.8, 4) is 0 Å². The van der Waals surface area contributed by atoms with Gasteiger partial charge in [-0.15, -0.1) is 0 Å². The zero-order valence-electron chi connectivity index (χ0n) is 14.4. The molecular formula is C20H15N3O3S. The number of hydrogen-bond donors (Lipinski definition) is 1. The molecule has 1 aliphatic rings. The van der Waals surface area contributed by atoms with Gasteiger partial charge in [0.25, 0.3) is 11.8 Å². The standard InChI is InChI=1S/C20H15N3O3S/c1-23-15-12-13(19(24)22-18-8-4-5-11-21-18)9-10-17(15)27(26)16-7-3-2-6-14(16)20(23)25/h2-12H,1H3,(H,21,22,24). The predicted octanol–water partition coefficient (Wildman–Crippen LogP) is 3.09. The molecule has 1 aromatic heterocycles. The number of carbonyl (C=O) groups excluding carboxylic acids is 2. The minimum Gasteiger partial charge on any atom is -0.606 e. The first-order valence-corrected chi connectivity index (χ1v) is 9.36. The Kier molecular flexibility index (Phi) is 4.39. The molecule has 1 unspecified atom stereocenters. The topological polar surface area (TPSA) is 85.4 Å². The van der Waals surface area contributed by atoms with Gasteiger partial charge in [0.1, 0.15) is 11.5 Å². The second kappa shape index (κ2) is 6.86. The van der Waals surface area contributed by atoms with Crippen LogP contribution in [0.1, 0.15) is 20.7 Å². The molecule has 0 saturated carbocycles. The highest BCUT2D eigenvalue weighted by atomic mass is 32.2. The molecule has 2 amide bonds. The third-order valence-corrected chi connectivity index (χ3v) is 5.81. The molecule has 2 heterocycles. The second-order valence-electron chi connectivity index (χ2n) is 5.98. The minimum absolute atomic E-state index is 0.264. The summed E-state index contributed by atoms with van der Waals surface area (Å²) >= 11 is -1.51. The number of fused-ring (bicyclic) bond motifs is 2. The summed E-state index contributed by atoms with van der Waals surface area (Å²) in [7, 11) is 1.61. The highest BCUT2D eigenvalue weighted by Gasteiger charge is 2.34. The number of aromatic nitrogens is 1. The monoisotopic (exact) mass is 377 g/mol. The van der Waals surface area contributed by atoms with Crippen LogP contribution in [0, 0.1) is 0 Å². The van der Waals surface area contributed by atoms with Gasteiger partial charge in [-0.05, 0) is 42.5 Å². The lowest BCUT2D eigenvalue weighted by Crippen LogP contribution is -2.26. The van der Waals surface area contributed by atoms with Gasteiger partial charge in [0.2, 0.25) is 0 Å². The van der Waals surface area contributed by atoms with E-state index in [-0.39, 0.29) is 11.8 Å². The Hall–Kier alpha value is -3.16. The van der Waals surface area contributed by atoms with E-state index in [4.69, 9.17) is 0 Å². The van der Waals surface area contributed by atoms with Crippen molar-refractivity contribution >= 4 is 34.5 Å². The summed E-state index contributed by atoms with van der Waals surface area (Å²) in [4.78, 5) is 31.8. The highest BCUT2D eigenvalue weighted by molar-refractivity contribution is 7.91. The molecule has 6 nitrogen and oxygen atoms in total. The summed E-state index contributed by atoms with van der Waals surface area (Å²) in [6.45, 7) is 0. The van der Waals surface area contributed by atoms with Gasteiger partial charge in [0.15, 0.2) is 9.79 Å². The van der Waals surface area contributed by atoms with Gasteiger partial charge < -0.3 is 14.8 Å². The van der Waals surface area contributed by atoms with E-state index in [1.165, 1.54) is 4.90 Å². The Morgan fingerprint density at radius 3 is 2.63 bits per heavy atom. The van der Waals surface area contributed by atoms with Gasteiger partial charge in [0, 0.05) is 30.0 Å². The maximum atomic E-state index is 13.0. The molecule has 0 aliphatic carbocycles. The fourth-order valence-corrected chi connectivity index (χ4v) is 4.29. The van der Waals surface area contributed by atoms with Crippen LogP contribution in [0.25, 0.3) is 0 Å². The summed E-state index contributed by atoms with van der Waals surface area (Å²) < 4.78 is 13.0. The quantitative estimate of drug-likeness (QED) is 0.696. The smallest absolute Gasteiger partial charge is 0.263 e. The molecule has 1 N–H and O–H groups in total. The van der Waals surface area contributed by atoms with Crippen molar-refractivity contribution in [1.29, 1.82) is 0 Å². The van der Waals surface area contributed by atoms with E-state index in [9.17, 15) is 14.1 Å². The molecule has 0 bridgehead atoms. The van der Waals surface area contributed by atoms with Crippen molar-refractivity contribution in [3.63, 3.8) is 0 Å². The Balaban J connectivity index is 1.74. The first-order chi connectivity index (χ1) is 13.1. The van der Waals surface area contributed by atoms with Gasteiger partial charge in [-0.2, -0.15) is 0 Å². The molecule has 1 atom stereocenters. The van der Waals surface area contributed by atoms with E-state index in [1.54, 1.807) is 73.9 Å². The molecule has 27 heavy (non-hydrogen) atoms. The fourth-order valence-electron chi connectivity index (χ4n) is 2.92. The minimum atomic E-state index is -1.51. The SMILES string of the molecule is CN1C(=O)c2ccccc2[S+]([O-])c2ccc(C(=O)Nc3ccccn3)cc21. The van der Waals surface area contributed by atoms with Crippen LogP contribution in [0.15, 0.2) is 76.7 Å². The molecule has 2 aromatic carbocycles. The van der Waals surface area contributed by atoms with Gasteiger partial charge in [-0.25, -0.2) is 4.98 Å². The van der Waals surface area contributed by atoms with Crippen molar-refractivity contribution < 1.29 is 14.1 Å². The normalized spacial score (nSPS) is 15.6. The van der Waals surface area contributed by atoms with Gasteiger partial charge in [-0.3, -0.25) is 9.59 Å². The van der Waals surface area contributed by atoms with E-state index in [0.717, 1.165) is 0 Å². The van der Waals surface area contributed by atoms with Crippen LogP contribution in [0.5, 0.6) is 0 Å². The number of nitrogens with one attached hydrogen (secondary N) is 1. The van der Waals surface area contributed by atoms with Gasteiger partial charge in [-0.1, -0.05) is 18.2 Å². The molecule has 0 saturated heterocycles. The predicted molar refractivity (Wildman–Crippen MR) is 102 cm³/mol. The van der Waals surface area contributed by atoms with Gasteiger partial charge >= 0.3 is 0 Å². The Morgan fingerprint density at radius 1 is 1.07 bits per heavy atom. The van der Waals surface area contributed by atoms with Crippen molar-refractivity contribution in [1.82, 2.24) is 4.98 Å². The molecule has 3 aromatic rings. The summed E-state index contributed by atoms with van der Waals surface area (Å²) in [6, 6.07) is 16.9. The Bertz CT molecular complexity index is 1040. The summed E-state index contributed by atoms with van der Waals surface area (Å²) in [5.41, 5.74) is 1.19. The first kappa shape index (κ1) is 17.3. The summed E-state index contributed by atoms with van der Waals surface area (Å²) in [6.07, 6.45) is 1.58. The molecule has 1 aliphatic heterocycles. The van der Waals surface area contributed by atoms with E-state index >= 15 is 0 Å². The largest absolute Gasteiger partial charge is 0.606 e. The molecule has 134 valence electrons. The van der Waals surface area contributed by atoms with Crippen molar-refractivity contribution in [3.05, 3.63) is 78.0 Å². The lowest BCUT2D eigenvalue weighted by molar-refractivity contribution is 0.0987. The van der Waals surface area contributed by atoms with E-state index in [2.05, 4.69) is 10.3 Å². The number of benzene rings is 2. The van der Waals surface area contributed by atoms with Crippen LogP contribution < -0.4 is 10.2 Å². The number of anilines is 2. The lowest BCUT2D eigenvalue weighted by Gasteiger charge is -2.17. The first-order valence-electron chi connectivity index (χ1n) is 8.21. The molecule has 0 spiro atoms. The molecular weight excluding hydrogens is 362 g/mol. The van der Waals surface area contributed by atoms with Crippen LogP contribution >= 0.6 is 0 Å². The van der Waals surface area contributed by atoms with Crippen molar-refractivity contribution in [2.24, 2.45) is 0 Å². The number of pyridine rings is 1. The molecule has 0 fully saturated rings. The third kappa shape index (κ3) is 3.07. The maximum absolute atomic E-state index is 13.0. The van der Waals surface area contributed by atoms with E-state index < -0.39 is 11.2 Å². The second-order valence-corrected chi connectivity index (χ2v) is 7.40. The van der Waals surface area contributed by atoms with Crippen LogP contribution in [-0.2, 0) is 11.2 Å².